The first-order chi connectivity index (χ1) is 10.7. The molecule has 0 atom stereocenters. The molecule has 110 valence electrons. The summed E-state index contributed by atoms with van der Waals surface area (Å²) in [7, 11) is 4.11. The zero-order valence-electron chi connectivity index (χ0n) is 12.8. The van der Waals surface area contributed by atoms with E-state index in [1.54, 1.807) is 0 Å². The molecule has 0 unspecified atom stereocenters. The van der Waals surface area contributed by atoms with Gasteiger partial charge in [-0.25, -0.2) is 4.57 Å². The molecule has 3 rings (SSSR count). The van der Waals surface area contributed by atoms with Crippen LogP contribution in [0, 0.1) is 0 Å². The second-order valence-electron chi connectivity index (χ2n) is 5.31. The molecule has 22 heavy (non-hydrogen) atoms. The van der Waals surface area contributed by atoms with Crippen LogP contribution in [0.25, 0.3) is 17.0 Å². The van der Waals surface area contributed by atoms with Crippen molar-refractivity contribution in [1.29, 1.82) is 0 Å². The molecule has 2 nitrogen and oxygen atoms in total. The Morgan fingerprint density at radius 1 is 1.00 bits per heavy atom. The molecule has 1 heterocycles. The number of fused-ring (bicyclic) bond motifs is 1. The first-order valence-electron chi connectivity index (χ1n) is 7.23. The number of hydrogen-bond acceptors (Lipinski definition) is 2. The number of benzene rings is 2. The minimum Gasteiger partial charge on any atom is -0.350 e. The Labute approximate surface area is 136 Å². The lowest BCUT2D eigenvalue weighted by molar-refractivity contribution is -0.644. The minimum absolute atomic E-state index is 0.971. The van der Waals surface area contributed by atoms with Gasteiger partial charge in [-0.1, -0.05) is 24.3 Å². The Morgan fingerprint density at radius 2 is 1.73 bits per heavy atom. The molecule has 0 fully saturated rings. The van der Waals surface area contributed by atoms with E-state index in [2.05, 4.69) is 84.0 Å². The van der Waals surface area contributed by atoms with E-state index in [0.717, 1.165) is 10.6 Å². The van der Waals surface area contributed by atoms with Crippen molar-refractivity contribution in [3.63, 3.8) is 0 Å². The van der Waals surface area contributed by atoms with Crippen LogP contribution in [0.3, 0.4) is 0 Å². The Hall–Kier alpha value is -2.26. The van der Waals surface area contributed by atoms with Gasteiger partial charge in [0.1, 0.15) is 7.05 Å². The van der Waals surface area contributed by atoms with Crippen molar-refractivity contribution in [2.24, 2.45) is 7.05 Å². The van der Waals surface area contributed by atoms with Crippen LogP contribution in [-0.2, 0) is 7.05 Å². The van der Waals surface area contributed by atoms with Crippen LogP contribution in [0.2, 0.25) is 0 Å². The number of rotatable bonds is 3. The van der Waals surface area contributed by atoms with Crippen molar-refractivity contribution >= 4 is 35.3 Å². The van der Waals surface area contributed by atoms with E-state index in [1.165, 1.54) is 16.5 Å². The third-order valence-corrected chi connectivity index (χ3v) is 4.19. The molecule has 0 aliphatic carbocycles. The van der Waals surface area contributed by atoms with Crippen molar-refractivity contribution in [1.82, 2.24) is 0 Å². The van der Waals surface area contributed by atoms with Crippen LogP contribution in [0.1, 0.15) is 5.56 Å². The summed E-state index contributed by atoms with van der Waals surface area (Å²) < 4.78 is 2.14. The summed E-state index contributed by atoms with van der Waals surface area (Å²) >= 11 is 4.51. The second kappa shape index (κ2) is 6.24. The first-order valence-corrected chi connectivity index (χ1v) is 7.68. The molecule has 0 bridgehead atoms. The van der Waals surface area contributed by atoms with Gasteiger partial charge in [0.15, 0.2) is 6.20 Å². The zero-order chi connectivity index (χ0) is 15.5. The highest BCUT2D eigenvalue weighted by atomic mass is 32.1. The lowest BCUT2D eigenvalue weighted by atomic mass is 10.1. The molecular weight excluding hydrogens is 288 g/mol. The van der Waals surface area contributed by atoms with Crippen LogP contribution in [0.5, 0.6) is 0 Å². The molecule has 1 aromatic heterocycles. The summed E-state index contributed by atoms with van der Waals surface area (Å²) in [5, 5.41) is 1.25. The topological polar surface area (TPSA) is 7.12 Å². The largest absolute Gasteiger partial charge is 0.350 e. The van der Waals surface area contributed by atoms with Gasteiger partial charge in [-0.3, -0.25) is 0 Å². The fourth-order valence-corrected chi connectivity index (χ4v) is 2.89. The minimum atomic E-state index is 0.971. The maximum atomic E-state index is 4.51. The number of para-hydroxylation sites is 2. The molecule has 0 aliphatic rings. The van der Waals surface area contributed by atoms with E-state index < -0.39 is 0 Å². The fourth-order valence-electron chi connectivity index (χ4n) is 2.57. The number of nitrogens with zero attached hydrogens (tertiary/aromatic N) is 2. The van der Waals surface area contributed by atoms with Gasteiger partial charge < -0.3 is 4.90 Å². The monoisotopic (exact) mass is 307 g/mol. The van der Waals surface area contributed by atoms with E-state index in [0.29, 0.717) is 0 Å². The molecule has 0 saturated carbocycles. The van der Waals surface area contributed by atoms with Crippen molar-refractivity contribution < 1.29 is 4.57 Å². The quantitative estimate of drug-likeness (QED) is 0.566. The maximum absolute atomic E-state index is 4.51. The lowest BCUT2D eigenvalue weighted by Crippen LogP contribution is -2.28. The number of pyridine rings is 1. The van der Waals surface area contributed by atoms with Crippen LogP contribution in [0.15, 0.2) is 71.9 Å². The SMILES string of the molecule is CN(/C=C/c1cc[n+](C)c2ccccc12)c1ccccc1S. The van der Waals surface area contributed by atoms with Crippen LogP contribution >= 0.6 is 12.6 Å². The third-order valence-electron chi connectivity index (χ3n) is 3.81. The average Bonchev–Trinajstić information content (AvgIpc) is 2.55. The maximum Gasteiger partial charge on any atom is 0.212 e. The van der Waals surface area contributed by atoms with Gasteiger partial charge in [0.05, 0.1) is 11.1 Å². The number of aryl methyl sites for hydroxylation is 1. The van der Waals surface area contributed by atoms with Gasteiger partial charge in [0, 0.05) is 30.3 Å². The summed E-state index contributed by atoms with van der Waals surface area (Å²) in [6.45, 7) is 0. The number of anilines is 1. The second-order valence-corrected chi connectivity index (χ2v) is 5.80. The van der Waals surface area contributed by atoms with Gasteiger partial charge >= 0.3 is 0 Å². The number of thiol groups is 1. The van der Waals surface area contributed by atoms with Crippen LogP contribution in [0.4, 0.5) is 5.69 Å². The highest BCUT2D eigenvalue weighted by Gasteiger charge is 2.07. The predicted octanol–water partition coefficient (Wildman–Crippen LogP) is 4.06. The third kappa shape index (κ3) is 2.85. The standard InChI is InChI=1S/C19H18N2S/c1-20-13-11-15(16-7-3-4-8-17(16)20)12-14-21(2)18-9-5-6-10-19(18)22/h3-14H,1-2H3/p+1. The van der Waals surface area contributed by atoms with E-state index >= 15 is 0 Å². The Kier molecular flexibility index (Phi) is 4.16. The molecule has 0 radical (unpaired) electrons. The summed E-state index contributed by atoms with van der Waals surface area (Å²) in [6.07, 6.45) is 6.31. The van der Waals surface area contributed by atoms with Gasteiger partial charge in [-0.15, -0.1) is 12.6 Å². The summed E-state index contributed by atoms with van der Waals surface area (Å²) in [5.74, 6) is 0. The molecule has 0 amide bonds. The van der Waals surface area contributed by atoms with Gasteiger partial charge in [0.25, 0.3) is 0 Å². The van der Waals surface area contributed by atoms with Crippen molar-refractivity contribution in [2.75, 3.05) is 11.9 Å². The number of aromatic nitrogens is 1. The summed E-state index contributed by atoms with van der Waals surface area (Å²) in [4.78, 5) is 3.06. The average molecular weight is 307 g/mol. The van der Waals surface area contributed by atoms with Crippen molar-refractivity contribution in [3.8, 4) is 0 Å². The van der Waals surface area contributed by atoms with Crippen molar-refractivity contribution in [2.45, 2.75) is 4.90 Å². The normalized spacial score (nSPS) is 11.2. The molecule has 0 N–H and O–H groups in total. The van der Waals surface area contributed by atoms with Crippen molar-refractivity contribution in [3.05, 3.63) is 72.6 Å². The Morgan fingerprint density at radius 3 is 2.55 bits per heavy atom. The van der Waals surface area contributed by atoms with Crippen LogP contribution < -0.4 is 9.47 Å². The van der Waals surface area contributed by atoms with E-state index in [4.69, 9.17) is 0 Å². The zero-order valence-corrected chi connectivity index (χ0v) is 13.7. The van der Waals surface area contributed by atoms with Gasteiger partial charge in [-0.2, -0.15) is 0 Å². The first kappa shape index (κ1) is 14.7. The molecule has 0 spiro atoms. The Bertz CT molecular complexity index is 840. The van der Waals surface area contributed by atoms with E-state index in [9.17, 15) is 0 Å². The van der Waals surface area contributed by atoms with E-state index in [1.807, 2.05) is 25.2 Å². The predicted molar refractivity (Wildman–Crippen MR) is 96.3 cm³/mol. The highest BCUT2D eigenvalue weighted by Crippen LogP contribution is 2.23. The highest BCUT2D eigenvalue weighted by molar-refractivity contribution is 7.80. The van der Waals surface area contributed by atoms with E-state index in [-0.39, 0.29) is 0 Å². The molecule has 0 saturated heterocycles. The lowest BCUT2D eigenvalue weighted by Gasteiger charge is -2.16. The van der Waals surface area contributed by atoms with Gasteiger partial charge in [0.2, 0.25) is 5.52 Å². The van der Waals surface area contributed by atoms with Gasteiger partial charge in [-0.05, 0) is 29.8 Å². The smallest absolute Gasteiger partial charge is 0.212 e. The molecular formula is C19H19N2S+. The fraction of sp³-hybridized carbons (Fsp3) is 0.105. The number of hydrogen-bond donors (Lipinski definition) is 1. The Balaban J connectivity index is 1.97. The summed E-state index contributed by atoms with van der Waals surface area (Å²) in [5.41, 5.74) is 3.52. The molecule has 3 aromatic rings. The molecule has 0 aliphatic heterocycles. The summed E-state index contributed by atoms with van der Waals surface area (Å²) in [6, 6.07) is 18.7. The molecule has 2 aromatic carbocycles. The molecule has 3 heteroatoms. The van der Waals surface area contributed by atoms with Crippen LogP contribution in [-0.4, -0.2) is 7.05 Å².